The smallest absolute Gasteiger partial charge is 0.246 e. The van der Waals surface area contributed by atoms with E-state index < -0.39 is 0 Å². The van der Waals surface area contributed by atoms with Gasteiger partial charge < -0.3 is 20.3 Å². The number of para-hydroxylation sites is 1. The van der Waals surface area contributed by atoms with E-state index in [9.17, 15) is 4.79 Å². The lowest BCUT2D eigenvalue weighted by molar-refractivity contribution is -0.125. The van der Waals surface area contributed by atoms with Gasteiger partial charge in [-0.2, -0.15) is 5.10 Å². The van der Waals surface area contributed by atoms with Gasteiger partial charge in [0.05, 0.1) is 11.4 Å². The van der Waals surface area contributed by atoms with Crippen molar-refractivity contribution < 1.29 is 9.53 Å². The van der Waals surface area contributed by atoms with Crippen LogP contribution in [0.4, 0.5) is 5.82 Å². The Kier molecular flexibility index (Phi) is 7.37. The summed E-state index contributed by atoms with van der Waals surface area (Å²) in [7, 11) is 2.04. The van der Waals surface area contributed by atoms with Gasteiger partial charge in [0.2, 0.25) is 5.91 Å². The molecule has 1 fully saturated rings. The first-order valence-corrected chi connectivity index (χ1v) is 12.9. The first-order valence-electron chi connectivity index (χ1n) is 12.9. The molecule has 3 heterocycles. The van der Waals surface area contributed by atoms with Crippen molar-refractivity contribution >= 4 is 22.8 Å². The van der Waals surface area contributed by atoms with Crippen LogP contribution in [0.25, 0.3) is 22.3 Å². The summed E-state index contributed by atoms with van der Waals surface area (Å²) in [5, 5.41) is 5.66. The summed E-state index contributed by atoms with van der Waals surface area (Å²) in [6.45, 7) is 6.22. The number of carbonyl (C=O) groups excluding carboxylic acids is 1. The molecule has 0 spiro atoms. The van der Waals surface area contributed by atoms with E-state index in [1.807, 2.05) is 77.3 Å². The van der Waals surface area contributed by atoms with E-state index in [-0.39, 0.29) is 11.9 Å². The van der Waals surface area contributed by atoms with Crippen molar-refractivity contribution in [2.24, 2.45) is 0 Å². The van der Waals surface area contributed by atoms with Crippen LogP contribution in [0, 0.1) is 0 Å². The number of rotatable bonds is 8. The molecule has 0 aliphatic carbocycles. The molecule has 4 aromatic rings. The van der Waals surface area contributed by atoms with Crippen LogP contribution in [0.2, 0.25) is 0 Å². The molecule has 0 radical (unpaired) electrons. The average molecular weight is 512 g/mol. The number of ether oxygens (including phenoxy) is 1. The number of fused-ring (bicyclic) bond motifs is 1. The molecule has 1 aliphatic heterocycles. The molecule has 9 heteroatoms. The molecule has 1 atom stereocenters. The van der Waals surface area contributed by atoms with Crippen molar-refractivity contribution in [3.63, 3.8) is 0 Å². The van der Waals surface area contributed by atoms with Crippen molar-refractivity contribution in [3.05, 3.63) is 73.1 Å². The maximum Gasteiger partial charge on any atom is 0.246 e. The number of likely N-dealkylation sites (N-methyl/N-ethyl adjacent to an activating group) is 1. The molecule has 1 aliphatic rings. The quantitative estimate of drug-likeness (QED) is 0.347. The molecule has 9 nitrogen and oxygen atoms in total. The zero-order valence-electron chi connectivity index (χ0n) is 22.0. The van der Waals surface area contributed by atoms with Crippen molar-refractivity contribution in [2.45, 2.75) is 32.4 Å². The van der Waals surface area contributed by atoms with Crippen molar-refractivity contribution in [1.29, 1.82) is 0 Å². The summed E-state index contributed by atoms with van der Waals surface area (Å²) < 4.78 is 7.84. The number of carbonyl (C=O) groups is 1. The largest absolute Gasteiger partial charge is 0.457 e. The number of hydrogen-bond acceptors (Lipinski definition) is 7. The Balaban J connectivity index is 1.36. The van der Waals surface area contributed by atoms with Crippen LogP contribution in [0.3, 0.4) is 0 Å². The van der Waals surface area contributed by atoms with E-state index >= 15 is 0 Å². The van der Waals surface area contributed by atoms with E-state index in [4.69, 9.17) is 15.6 Å². The van der Waals surface area contributed by atoms with Gasteiger partial charge in [-0.1, -0.05) is 24.3 Å². The molecule has 196 valence electrons. The fraction of sp³-hybridized carbons (Fsp3) is 0.310. The van der Waals surface area contributed by atoms with Gasteiger partial charge in [-0.15, -0.1) is 0 Å². The van der Waals surface area contributed by atoms with Gasteiger partial charge in [0.25, 0.3) is 0 Å². The number of anilines is 1. The monoisotopic (exact) mass is 511 g/mol. The number of aromatic nitrogens is 4. The van der Waals surface area contributed by atoms with Gasteiger partial charge in [-0.25, -0.2) is 14.6 Å². The number of nitrogens with two attached hydrogens (primary N) is 1. The Hall–Kier alpha value is -4.24. The highest BCUT2D eigenvalue weighted by Crippen LogP contribution is 2.35. The first-order chi connectivity index (χ1) is 18.4. The second-order valence-corrected chi connectivity index (χ2v) is 9.85. The van der Waals surface area contributed by atoms with E-state index in [0.29, 0.717) is 41.7 Å². The third-order valence-electron chi connectivity index (χ3n) is 6.98. The molecule has 2 N–H and O–H groups in total. The fourth-order valence-electron chi connectivity index (χ4n) is 4.54. The number of nitrogens with zero attached hydrogens (tertiary/aromatic N) is 6. The third-order valence-corrected chi connectivity index (χ3v) is 6.98. The van der Waals surface area contributed by atoms with Crippen LogP contribution < -0.4 is 10.5 Å². The Labute approximate surface area is 222 Å². The fourth-order valence-corrected chi connectivity index (χ4v) is 4.54. The summed E-state index contributed by atoms with van der Waals surface area (Å²) in [5.41, 5.74) is 8.58. The molecule has 0 saturated carbocycles. The molecule has 2 aromatic heterocycles. The summed E-state index contributed by atoms with van der Waals surface area (Å²) >= 11 is 0. The molecule has 1 amide bonds. The number of nitrogen functional groups attached to an aromatic ring is 1. The SMILES string of the molecule is CC(C)N(C)CC=CC(=O)N1CCC(n2nc(-c3ccc(Oc4ccccc4)cc3)c3c(N)ncnc32)C1. The Bertz CT molecular complexity index is 1430. The Morgan fingerprint density at radius 3 is 2.61 bits per heavy atom. The maximum atomic E-state index is 12.8. The average Bonchev–Trinajstić information content (AvgIpc) is 3.56. The third kappa shape index (κ3) is 5.38. The molecule has 38 heavy (non-hydrogen) atoms. The number of amides is 1. The van der Waals surface area contributed by atoms with Crippen molar-refractivity contribution in [2.75, 3.05) is 32.4 Å². The zero-order chi connectivity index (χ0) is 26.6. The molecular formula is C29H33N7O2. The van der Waals surface area contributed by atoms with Gasteiger partial charge in [-0.3, -0.25) is 4.79 Å². The van der Waals surface area contributed by atoms with Gasteiger partial charge in [0, 0.05) is 37.3 Å². The lowest BCUT2D eigenvalue weighted by Gasteiger charge is -2.19. The maximum absolute atomic E-state index is 12.8. The van der Waals surface area contributed by atoms with Crippen LogP contribution in [0.5, 0.6) is 11.5 Å². The highest BCUT2D eigenvalue weighted by atomic mass is 16.5. The topological polar surface area (TPSA) is 102 Å². The summed E-state index contributed by atoms with van der Waals surface area (Å²) in [4.78, 5) is 25.6. The van der Waals surface area contributed by atoms with Gasteiger partial charge in [-0.05, 0) is 63.7 Å². The van der Waals surface area contributed by atoms with E-state index in [1.165, 1.54) is 6.33 Å². The van der Waals surface area contributed by atoms with Crippen LogP contribution >= 0.6 is 0 Å². The predicted octanol–water partition coefficient (Wildman–Crippen LogP) is 4.54. The van der Waals surface area contributed by atoms with Crippen LogP contribution in [-0.2, 0) is 4.79 Å². The van der Waals surface area contributed by atoms with Gasteiger partial charge in [0.1, 0.15) is 29.3 Å². The summed E-state index contributed by atoms with van der Waals surface area (Å²) in [6, 6.07) is 17.8. The minimum absolute atomic E-state index is 0.00285. The second-order valence-electron chi connectivity index (χ2n) is 9.85. The molecule has 5 rings (SSSR count). The number of hydrogen-bond donors (Lipinski definition) is 1. The van der Waals surface area contributed by atoms with Crippen molar-refractivity contribution in [3.8, 4) is 22.8 Å². The standard InChI is InChI=1S/C29H33N7O2/c1-20(2)34(3)16-7-10-25(37)35-17-15-22(18-35)36-29-26(28(30)31-19-32-29)27(33-36)21-11-13-24(14-12-21)38-23-8-5-4-6-9-23/h4-14,19-20,22H,15-18H2,1-3H3,(H2,30,31,32). The molecule has 0 bridgehead atoms. The van der Waals surface area contributed by atoms with Crippen LogP contribution in [0.1, 0.15) is 26.3 Å². The first kappa shape index (κ1) is 25.4. The van der Waals surface area contributed by atoms with E-state index in [1.54, 1.807) is 6.08 Å². The highest BCUT2D eigenvalue weighted by molar-refractivity contribution is 5.98. The number of likely N-dealkylation sites (tertiary alicyclic amines) is 1. The minimum Gasteiger partial charge on any atom is -0.457 e. The Morgan fingerprint density at radius 2 is 1.87 bits per heavy atom. The van der Waals surface area contributed by atoms with E-state index in [0.717, 1.165) is 30.0 Å². The lowest BCUT2D eigenvalue weighted by Crippen LogP contribution is -2.29. The number of benzene rings is 2. The van der Waals surface area contributed by atoms with Gasteiger partial charge >= 0.3 is 0 Å². The second kappa shape index (κ2) is 11.0. The normalized spacial score (nSPS) is 15.8. The molecule has 1 unspecified atom stereocenters. The summed E-state index contributed by atoms with van der Waals surface area (Å²) in [6.07, 6.45) is 5.85. The van der Waals surface area contributed by atoms with Crippen LogP contribution in [-0.4, -0.2) is 68.2 Å². The molecule has 1 saturated heterocycles. The molecular weight excluding hydrogens is 478 g/mol. The molecule has 2 aromatic carbocycles. The lowest BCUT2D eigenvalue weighted by atomic mass is 10.1. The van der Waals surface area contributed by atoms with Crippen LogP contribution in [0.15, 0.2) is 73.1 Å². The minimum atomic E-state index is -0.00285. The summed E-state index contributed by atoms with van der Waals surface area (Å²) in [5.74, 6) is 1.90. The predicted molar refractivity (Wildman–Crippen MR) is 149 cm³/mol. The Morgan fingerprint density at radius 1 is 1.13 bits per heavy atom. The van der Waals surface area contributed by atoms with Gasteiger partial charge in [0.15, 0.2) is 5.65 Å². The zero-order valence-corrected chi connectivity index (χ0v) is 22.0. The van der Waals surface area contributed by atoms with Crippen molar-refractivity contribution in [1.82, 2.24) is 29.5 Å². The highest BCUT2D eigenvalue weighted by Gasteiger charge is 2.30. The van der Waals surface area contributed by atoms with E-state index in [2.05, 4.69) is 28.7 Å².